The zero-order chi connectivity index (χ0) is 19.8. The van der Waals surface area contributed by atoms with E-state index < -0.39 is 24.9 Å². The lowest BCUT2D eigenvalue weighted by molar-refractivity contribution is -0.154. The van der Waals surface area contributed by atoms with Crippen molar-refractivity contribution >= 4 is 23.8 Å². The van der Waals surface area contributed by atoms with Gasteiger partial charge in [0.1, 0.15) is 6.04 Å². The summed E-state index contributed by atoms with van der Waals surface area (Å²) in [7, 11) is 1.63. The Labute approximate surface area is 163 Å². The van der Waals surface area contributed by atoms with E-state index in [-0.39, 0.29) is 12.8 Å². The molecule has 8 nitrogen and oxygen atoms in total. The second-order valence-corrected chi connectivity index (χ2v) is 7.22. The number of nitrogens with two attached hydrogens (primary N) is 1. The molecule has 1 aromatic carbocycles. The number of benzene rings is 1. The summed E-state index contributed by atoms with van der Waals surface area (Å²) in [5, 5.41) is 0. The number of nitrogens with zero attached hydrogens (tertiary/aromatic N) is 1. The van der Waals surface area contributed by atoms with Crippen LogP contribution in [0.25, 0.3) is 0 Å². The van der Waals surface area contributed by atoms with Crippen LogP contribution in [0.15, 0.2) is 18.2 Å². The van der Waals surface area contributed by atoms with Gasteiger partial charge in [-0.25, -0.2) is 4.79 Å². The van der Waals surface area contributed by atoms with Gasteiger partial charge < -0.3 is 29.6 Å². The summed E-state index contributed by atoms with van der Waals surface area (Å²) in [6, 6.07) is 4.84. The van der Waals surface area contributed by atoms with E-state index in [4.69, 9.17) is 24.7 Å². The first-order valence-electron chi connectivity index (χ1n) is 8.61. The summed E-state index contributed by atoms with van der Waals surface area (Å²) in [4.78, 5) is 25.3. The molecule has 2 atom stereocenters. The van der Waals surface area contributed by atoms with Crippen LogP contribution in [0.5, 0.6) is 11.5 Å². The van der Waals surface area contributed by atoms with Gasteiger partial charge in [0, 0.05) is 13.1 Å². The number of hydrogen-bond acceptors (Lipinski definition) is 8. The molecule has 0 fully saturated rings. The van der Waals surface area contributed by atoms with Crippen molar-refractivity contribution < 1.29 is 28.5 Å². The predicted octanol–water partition coefficient (Wildman–Crippen LogP) is 2.00. The smallest absolute Gasteiger partial charge is 0.412 e. The first-order valence-corrected chi connectivity index (χ1v) is 10.0. The Bertz CT molecular complexity index is 657. The van der Waals surface area contributed by atoms with E-state index in [1.807, 2.05) is 31.4 Å². The second-order valence-electron chi connectivity index (χ2n) is 6.23. The second kappa shape index (κ2) is 10.3. The summed E-state index contributed by atoms with van der Waals surface area (Å²) >= 11 is 1.60. The fourth-order valence-corrected chi connectivity index (χ4v) is 2.93. The normalized spacial score (nSPS) is 14.4. The lowest BCUT2D eigenvalue weighted by Crippen LogP contribution is -2.38. The van der Waals surface area contributed by atoms with Gasteiger partial charge in [-0.2, -0.15) is 11.8 Å². The number of fused-ring (bicyclic) bond motifs is 1. The molecule has 0 bridgehead atoms. The number of amides is 1. The van der Waals surface area contributed by atoms with Crippen LogP contribution in [0, 0.1) is 0 Å². The van der Waals surface area contributed by atoms with Gasteiger partial charge in [-0.1, -0.05) is 6.07 Å². The first-order chi connectivity index (χ1) is 12.9. The van der Waals surface area contributed by atoms with Gasteiger partial charge in [-0.3, -0.25) is 4.79 Å². The van der Waals surface area contributed by atoms with Crippen molar-refractivity contribution in [2.75, 3.05) is 32.6 Å². The molecule has 0 saturated heterocycles. The third kappa shape index (κ3) is 6.21. The van der Waals surface area contributed by atoms with Crippen LogP contribution >= 0.6 is 11.8 Å². The minimum atomic E-state index is -0.709. The highest BCUT2D eigenvalue weighted by Gasteiger charge is 2.21. The maximum Gasteiger partial charge on any atom is 0.412 e. The Balaban J connectivity index is 1.74. The van der Waals surface area contributed by atoms with Crippen LogP contribution < -0.4 is 15.2 Å². The van der Waals surface area contributed by atoms with Crippen LogP contribution in [0.1, 0.15) is 18.9 Å². The number of carbonyl (C=O) groups is 2. The monoisotopic (exact) mass is 398 g/mol. The molecule has 1 aromatic rings. The van der Waals surface area contributed by atoms with Gasteiger partial charge in [0.2, 0.25) is 13.6 Å². The van der Waals surface area contributed by atoms with Gasteiger partial charge in [0.05, 0.1) is 0 Å². The van der Waals surface area contributed by atoms with E-state index in [1.54, 1.807) is 18.8 Å². The highest BCUT2D eigenvalue weighted by molar-refractivity contribution is 7.98. The van der Waals surface area contributed by atoms with Crippen LogP contribution in [-0.2, 0) is 20.7 Å². The van der Waals surface area contributed by atoms with E-state index >= 15 is 0 Å². The van der Waals surface area contributed by atoms with Gasteiger partial charge in [0.25, 0.3) is 0 Å². The van der Waals surface area contributed by atoms with Crippen LogP contribution in [0.2, 0.25) is 0 Å². The minimum absolute atomic E-state index is 0.127. The number of ether oxygens (including phenoxy) is 4. The van der Waals surface area contributed by atoms with Crippen molar-refractivity contribution in [1.29, 1.82) is 0 Å². The fraction of sp³-hybridized carbons (Fsp3) is 0.556. The predicted molar refractivity (Wildman–Crippen MR) is 102 cm³/mol. The molecule has 1 aliphatic heterocycles. The molecule has 1 aliphatic rings. The summed E-state index contributed by atoms with van der Waals surface area (Å²) in [5.74, 6) is 1.61. The summed E-state index contributed by atoms with van der Waals surface area (Å²) < 4.78 is 20.5. The van der Waals surface area contributed by atoms with Crippen molar-refractivity contribution in [2.45, 2.75) is 31.8 Å². The number of carbonyl (C=O) groups excluding carboxylic acids is 2. The van der Waals surface area contributed by atoms with Gasteiger partial charge >= 0.3 is 12.1 Å². The Kier molecular flexibility index (Phi) is 8.05. The van der Waals surface area contributed by atoms with Crippen molar-refractivity contribution in [2.24, 2.45) is 5.73 Å². The molecule has 2 rings (SSSR count). The van der Waals surface area contributed by atoms with E-state index in [1.165, 1.54) is 4.90 Å². The highest BCUT2D eigenvalue weighted by Crippen LogP contribution is 2.32. The molecule has 0 saturated carbocycles. The molecular weight excluding hydrogens is 372 g/mol. The molecule has 0 aromatic heterocycles. The molecule has 0 spiro atoms. The lowest BCUT2D eigenvalue weighted by Gasteiger charge is -2.24. The number of thioether (sulfide) groups is 1. The largest absolute Gasteiger partial charge is 0.454 e. The van der Waals surface area contributed by atoms with Crippen molar-refractivity contribution in [3.63, 3.8) is 0 Å². The van der Waals surface area contributed by atoms with Crippen molar-refractivity contribution in [3.8, 4) is 11.5 Å². The molecule has 0 radical (unpaired) electrons. The van der Waals surface area contributed by atoms with Crippen LogP contribution in [0.4, 0.5) is 4.79 Å². The Hall–Kier alpha value is -2.13. The number of esters is 1. The Morgan fingerprint density at radius 2 is 2.04 bits per heavy atom. The molecule has 1 heterocycles. The number of rotatable bonds is 9. The molecule has 0 aliphatic carbocycles. The zero-order valence-electron chi connectivity index (χ0n) is 15.8. The Morgan fingerprint density at radius 1 is 1.30 bits per heavy atom. The van der Waals surface area contributed by atoms with Crippen LogP contribution in [0.3, 0.4) is 0 Å². The maximum atomic E-state index is 12.1. The topological polar surface area (TPSA) is 100 Å². The Morgan fingerprint density at radius 3 is 2.78 bits per heavy atom. The third-order valence-electron chi connectivity index (χ3n) is 4.24. The molecule has 1 amide bonds. The SMILES string of the molecule is CSCCC(N)C(=O)OCOC(=O)N(C)C(C)Cc1ccc2c(c1)OCO2. The molecule has 2 N–H and O–H groups in total. The quantitative estimate of drug-likeness (QED) is 0.498. The lowest BCUT2D eigenvalue weighted by atomic mass is 10.1. The van der Waals surface area contributed by atoms with E-state index in [0.717, 1.165) is 17.1 Å². The molecular formula is C18H26N2O6S. The molecule has 2 unspecified atom stereocenters. The highest BCUT2D eigenvalue weighted by atomic mass is 32.2. The molecule has 27 heavy (non-hydrogen) atoms. The average Bonchev–Trinajstić information content (AvgIpc) is 3.12. The minimum Gasteiger partial charge on any atom is -0.454 e. The maximum absolute atomic E-state index is 12.1. The first kappa shape index (κ1) is 21.2. The fourth-order valence-electron chi connectivity index (χ4n) is 2.44. The molecule has 150 valence electrons. The van der Waals surface area contributed by atoms with E-state index in [9.17, 15) is 9.59 Å². The standard InChI is InChI=1S/C18H26N2O6S/c1-12(8-13-4-5-15-16(9-13)24-10-23-15)20(2)18(22)26-11-25-17(21)14(19)6-7-27-3/h4-5,9,12,14H,6-8,10-11,19H2,1-3H3. The van der Waals surface area contributed by atoms with Crippen molar-refractivity contribution in [3.05, 3.63) is 23.8 Å². The number of likely N-dealkylation sites (N-methyl/N-ethyl adjacent to an activating group) is 1. The summed E-state index contributed by atoms with van der Waals surface area (Å²) in [6.07, 6.45) is 2.48. The third-order valence-corrected chi connectivity index (χ3v) is 4.88. The van der Waals surface area contributed by atoms with Crippen molar-refractivity contribution in [1.82, 2.24) is 4.90 Å². The van der Waals surface area contributed by atoms with Gasteiger partial charge in [-0.05, 0) is 49.5 Å². The van der Waals surface area contributed by atoms with E-state index in [2.05, 4.69) is 0 Å². The molecule has 9 heteroatoms. The number of hydrogen-bond donors (Lipinski definition) is 1. The average molecular weight is 398 g/mol. The van der Waals surface area contributed by atoms with Gasteiger partial charge in [0.15, 0.2) is 11.5 Å². The summed E-state index contributed by atoms with van der Waals surface area (Å²) in [5.41, 5.74) is 6.71. The summed E-state index contributed by atoms with van der Waals surface area (Å²) in [6.45, 7) is 1.67. The zero-order valence-corrected chi connectivity index (χ0v) is 16.6. The van der Waals surface area contributed by atoms with Gasteiger partial charge in [-0.15, -0.1) is 0 Å². The van der Waals surface area contributed by atoms with E-state index in [0.29, 0.717) is 18.6 Å². The van der Waals surface area contributed by atoms with Crippen LogP contribution in [-0.4, -0.2) is 61.7 Å².